The largest absolute Gasteiger partial charge is 0.462 e. The van der Waals surface area contributed by atoms with Crippen LogP contribution in [0.25, 0.3) is 0 Å². The van der Waals surface area contributed by atoms with Crippen molar-refractivity contribution in [2.45, 2.75) is 57.3 Å². The number of fused-ring (bicyclic) bond motifs is 2. The quantitative estimate of drug-likeness (QED) is 0.577. The SMILES string of the molecule is C[C@H]1CCC[C@]2(C)C[C@H]3OC(=O)[C@@H](CN(C)C)[C@H]3[C@@H]3O[C@@]132. The molecule has 0 amide bonds. The molecule has 4 rings (SSSR count). The Morgan fingerprint density at radius 1 is 1.38 bits per heavy atom. The smallest absolute Gasteiger partial charge is 0.311 e. The summed E-state index contributed by atoms with van der Waals surface area (Å²) in [7, 11) is 4.06. The fourth-order valence-corrected chi connectivity index (χ4v) is 5.84. The van der Waals surface area contributed by atoms with Crippen molar-refractivity contribution in [3.8, 4) is 0 Å². The molecular weight excluding hydrogens is 266 g/mol. The number of nitrogens with zero attached hydrogens (tertiary/aromatic N) is 1. The van der Waals surface area contributed by atoms with E-state index in [1.165, 1.54) is 19.3 Å². The van der Waals surface area contributed by atoms with Crippen molar-refractivity contribution in [1.82, 2.24) is 4.90 Å². The van der Waals surface area contributed by atoms with Crippen molar-refractivity contribution in [3.63, 3.8) is 0 Å². The third kappa shape index (κ3) is 1.66. The van der Waals surface area contributed by atoms with Crippen LogP contribution in [0.1, 0.15) is 39.5 Å². The summed E-state index contributed by atoms with van der Waals surface area (Å²) in [5, 5.41) is 0. The first-order valence-corrected chi connectivity index (χ1v) is 8.42. The maximum absolute atomic E-state index is 12.3. The van der Waals surface area contributed by atoms with E-state index >= 15 is 0 Å². The third-order valence-corrected chi connectivity index (χ3v) is 6.76. The van der Waals surface area contributed by atoms with Gasteiger partial charge in [-0.15, -0.1) is 0 Å². The Morgan fingerprint density at radius 3 is 2.86 bits per heavy atom. The molecule has 7 atom stereocenters. The topological polar surface area (TPSA) is 42.1 Å². The first kappa shape index (κ1) is 14.0. The molecule has 1 spiro atoms. The zero-order valence-electron chi connectivity index (χ0n) is 13.6. The molecule has 0 radical (unpaired) electrons. The summed E-state index contributed by atoms with van der Waals surface area (Å²) < 4.78 is 12.2. The number of epoxide rings is 1. The lowest BCUT2D eigenvalue weighted by Crippen LogP contribution is -2.54. The Hall–Kier alpha value is -0.610. The second kappa shape index (κ2) is 4.23. The molecule has 2 saturated carbocycles. The lowest BCUT2D eigenvalue weighted by atomic mass is 9.53. The minimum atomic E-state index is -0.00643. The lowest BCUT2D eigenvalue weighted by molar-refractivity contribution is -0.146. The van der Waals surface area contributed by atoms with Gasteiger partial charge in [-0.2, -0.15) is 0 Å². The Morgan fingerprint density at radius 2 is 2.14 bits per heavy atom. The van der Waals surface area contributed by atoms with Crippen molar-refractivity contribution >= 4 is 5.97 Å². The molecule has 4 aliphatic rings. The molecule has 0 N–H and O–H groups in total. The highest BCUT2D eigenvalue weighted by atomic mass is 16.6. The zero-order valence-corrected chi connectivity index (χ0v) is 13.6. The van der Waals surface area contributed by atoms with Crippen LogP contribution in [-0.2, 0) is 14.3 Å². The van der Waals surface area contributed by atoms with Crippen LogP contribution in [-0.4, -0.2) is 49.3 Å². The van der Waals surface area contributed by atoms with Crippen molar-refractivity contribution in [2.75, 3.05) is 20.6 Å². The van der Waals surface area contributed by atoms with Gasteiger partial charge < -0.3 is 14.4 Å². The van der Waals surface area contributed by atoms with Crippen LogP contribution in [0.15, 0.2) is 0 Å². The van der Waals surface area contributed by atoms with E-state index < -0.39 is 0 Å². The predicted octanol–water partition coefficient (Wildman–Crippen LogP) is 2.07. The second-order valence-electron chi connectivity index (χ2n) is 8.31. The van der Waals surface area contributed by atoms with Gasteiger partial charge in [0, 0.05) is 17.9 Å². The first-order chi connectivity index (χ1) is 9.89. The highest BCUT2D eigenvalue weighted by Gasteiger charge is 2.78. The molecule has 0 unspecified atom stereocenters. The summed E-state index contributed by atoms with van der Waals surface area (Å²) in [5.74, 6) is 0.874. The lowest BCUT2D eigenvalue weighted by Gasteiger charge is -2.48. The van der Waals surface area contributed by atoms with Crippen molar-refractivity contribution in [1.29, 1.82) is 0 Å². The van der Waals surface area contributed by atoms with Crippen LogP contribution in [0.3, 0.4) is 0 Å². The summed E-state index contributed by atoms with van der Waals surface area (Å²) in [6, 6.07) is 0. The van der Waals surface area contributed by atoms with Gasteiger partial charge in [-0.1, -0.05) is 20.3 Å². The van der Waals surface area contributed by atoms with Crippen molar-refractivity contribution < 1.29 is 14.3 Å². The van der Waals surface area contributed by atoms with Gasteiger partial charge in [0.1, 0.15) is 11.7 Å². The van der Waals surface area contributed by atoms with E-state index in [0.29, 0.717) is 5.92 Å². The summed E-state index contributed by atoms with van der Waals surface area (Å²) >= 11 is 0. The van der Waals surface area contributed by atoms with Gasteiger partial charge in [-0.05, 0) is 39.3 Å². The number of esters is 1. The highest BCUT2D eigenvalue weighted by Crippen LogP contribution is 2.70. The molecule has 2 heterocycles. The predicted molar refractivity (Wildman–Crippen MR) is 78.8 cm³/mol. The fraction of sp³-hybridized carbons (Fsp3) is 0.941. The number of hydrogen-bond donors (Lipinski definition) is 0. The Bertz CT molecular complexity index is 479. The van der Waals surface area contributed by atoms with E-state index in [2.05, 4.69) is 18.7 Å². The average molecular weight is 293 g/mol. The first-order valence-electron chi connectivity index (χ1n) is 8.42. The molecular formula is C17H27NO3. The summed E-state index contributed by atoms with van der Waals surface area (Å²) in [5.41, 5.74) is 0.231. The minimum Gasteiger partial charge on any atom is -0.462 e. The third-order valence-electron chi connectivity index (χ3n) is 6.76. The Balaban J connectivity index is 1.67. The number of carbonyl (C=O) groups excluding carboxylic acids is 1. The number of carbonyl (C=O) groups is 1. The molecule has 4 fully saturated rings. The van der Waals surface area contributed by atoms with Crippen molar-refractivity contribution in [2.24, 2.45) is 23.2 Å². The normalized spacial score (nSPS) is 54.7. The summed E-state index contributed by atoms with van der Waals surface area (Å²) in [6.07, 6.45) is 5.08. The minimum absolute atomic E-state index is 0.000694. The van der Waals surface area contributed by atoms with E-state index in [1.54, 1.807) is 0 Å². The molecule has 118 valence electrons. The standard InChI is InChI=1S/C17H27NO3/c1-10-6-5-7-16(2)8-12-13(14-17(10,16)21-14)11(9-18(3)4)15(19)20-12/h10-14H,5-9H2,1-4H3/t10-,11-,12+,13+,14-,16+,17-/m0/s1. The van der Waals surface area contributed by atoms with Gasteiger partial charge in [0.05, 0.1) is 12.0 Å². The Labute approximate surface area is 127 Å². The maximum atomic E-state index is 12.3. The van der Waals surface area contributed by atoms with Gasteiger partial charge in [0.15, 0.2) is 0 Å². The maximum Gasteiger partial charge on any atom is 0.311 e. The van der Waals surface area contributed by atoms with Gasteiger partial charge in [-0.3, -0.25) is 4.79 Å². The monoisotopic (exact) mass is 293 g/mol. The molecule has 21 heavy (non-hydrogen) atoms. The van der Waals surface area contributed by atoms with Crippen LogP contribution in [0.5, 0.6) is 0 Å². The fourth-order valence-electron chi connectivity index (χ4n) is 5.84. The molecule has 2 aliphatic heterocycles. The van der Waals surface area contributed by atoms with Crippen LogP contribution < -0.4 is 0 Å². The van der Waals surface area contributed by atoms with Crippen LogP contribution >= 0.6 is 0 Å². The molecule has 0 bridgehead atoms. The second-order valence-corrected chi connectivity index (χ2v) is 8.31. The number of hydrogen-bond acceptors (Lipinski definition) is 4. The Kier molecular flexibility index (Phi) is 2.82. The van der Waals surface area contributed by atoms with Gasteiger partial charge >= 0.3 is 5.97 Å². The van der Waals surface area contributed by atoms with E-state index in [-0.39, 0.29) is 41.0 Å². The van der Waals surface area contributed by atoms with E-state index in [9.17, 15) is 4.79 Å². The molecule has 4 heteroatoms. The molecule has 0 aromatic rings. The van der Waals surface area contributed by atoms with Crippen LogP contribution in [0, 0.1) is 23.2 Å². The van der Waals surface area contributed by atoms with Crippen molar-refractivity contribution in [3.05, 3.63) is 0 Å². The van der Waals surface area contributed by atoms with Gasteiger partial charge in [-0.25, -0.2) is 0 Å². The van der Waals surface area contributed by atoms with Gasteiger partial charge in [0.25, 0.3) is 0 Å². The zero-order chi connectivity index (χ0) is 15.0. The van der Waals surface area contributed by atoms with Crippen LogP contribution in [0.2, 0.25) is 0 Å². The number of rotatable bonds is 2. The van der Waals surface area contributed by atoms with E-state index in [4.69, 9.17) is 9.47 Å². The average Bonchev–Trinajstić information content (AvgIpc) is 3.06. The molecule has 0 aromatic heterocycles. The highest BCUT2D eigenvalue weighted by molar-refractivity contribution is 5.76. The molecule has 2 aliphatic carbocycles. The molecule has 4 nitrogen and oxygen atoms in total. The summed E-state index contributed by atoms with van der Waals surface area (Å²) in [6.45, 7) is 5.49. The van der Waals surface area contributed by atoms with E-state index in [1.807, 2.05) is 14.1 Å². The number of ether oxygens (including phenoxy) is 2. The molecule has 2 saturated heterocycles. The van der Waals surface area contributed by atoms with E-state index in [0.717, 1.165) is 13.0 Å². The molecule has 0 aromatic carbocycles. The van der Waals surface area contributed by atoms with Gasteiger partial charge in [0.2, 0.25) is 0 Å². The van der Waals surface area contributed by atoms with Crippen LogP contribution in [0.4, 0.5) is 0 Å². The summed E-state index contributed by atoms with van der Waals surface area (Å²) in [4.78, 5) is 14.4.